The number of carbonyl (C=O) groups is 2. The van der Waals surface area contributed by atoms with Crippen molar-refractivity contribution in [3.63, 3.8) is 0 Å². The minimum absolute atomic E-state index is 0. The average molecular weight is 1150 g/mol. The number of halogens is 2. The van der Waals surface area contributed by atoms with Gasteiger partial charge in [-0.1, -0.05) is 95.5 Å². The molecule has 0 radical (unpaired) electrons. The van der Waals surface area contributed by atoms with Crippen LogP contribution in [0.2, 0.25) is 0 Å². The quantitative estimate of drug-likeness (QED) is 0.0634. The number of fused-ring (bicyclic) bond motifs is 2. The first-order valence-corrected chi connectivity index (χ1v) is 28.8. The molecular weight excluding hydrogens is 1070 g/mol. The summed E-state index contributed by atoms with van der Waals surface area (Å²) in [4.78, 5) is 41.6. The number of aromatic nitrogens is 2. The van der Waals surface area contributed by atoms with Gasteiger partial charge in [0.1, 0.15) is 35.0 Å². The molecule has 0 aliphatic carbocycles. The minimum Gasteiger partial charge on any atom is -0.469 e. The fourth-order valence-corrected chi connectivity index (χ4v) is 11.4. The number of hydrogen-bond acceptors (Lipinski definition) is 11. The van der Waals surface area contributed by atoms with E-state index in [1.807, 2.05) is 40.7 Å². The topological polar surface area (TPSA) is 166 Å². The van der Waals surface area contributed by atoms with Gasteiger partial charge in [0.25, 0.3) is 11.8 Å². The predicted octanol–water partition coefficient (Wildman–Crippen LogP) is 11.0. The number of carbonyl (C=O) groups excluding carboxylic acids is 2. The zero-order chi connectivity index (χ0) is 56.2. The Hall–Kier alpha value is -5.07. The fraction of sp³-hybridized carbons (Fsp3) is 0.500. The molecule has 14 nitrogen and oxygen atoms in total. The number of aryl methyl sites for hydroxylation is 1. The highest BCUT2D eigenvalue weighted by Gasteiger charge is 2.50. The third-order valence-corrected chi connectivity index (χ3v) is 16.5. The van der Waals surface area contributed by atoms with Gasteiger partial charge in [-0.05, 0) is 122 Å². The van der Waals surface area contributed by atoms with Crippen molar-refractivity contribution in [2.24, 2.45) is 0 Å². The SMILES string of the molecule is CCCCN(CCCC)[C@@H]1c2cc(C(=O)N(CC)Cc3ccccc3F)cnc2OC(C)(C)[C@H]1O.CCCCN([C@@H]1c2cc(C(=O)N(CC)Cc3ccccc3F)cnc2OC(C)(C)[C@H]1O)S(=O)(=O)c1ccc(CC)cc1.P.S. The Morgan fingerprint density at radius 2 is 1.03 bits per heavy atom. The van der Waals surface area contributed by atoms with E-state index in [1.165, 1.54) is 33.7 Å². The summed E-state index contributed by atoms with van der Waals surface area (Å²) in [6.07, 6.45) is 7.06. The largest absolute Gasteiger partial charge is 0.469 e. The van der Waals surface area contributed by atoms with Crippen molar-refractivity contribution >= 4 is 45.2 Å². The molecule has 2 aromatic heterocycles. The molecule has 2 aliphatic heterocycles. The van der Waals surface area contributed by atoms with Gasteiger partial charge in [-0.2, -0.15) is 27.7 Å². The number of aliphatic hydroxyl groups is 2. The smallest absolute Gasteiger partial charge is 0.255 e. The van der Waals surface area contributed by atoms with E-state index in [0.29, 0.717) is 47.6 Å². The lowest BCUT2D eigenvalue weighted by Gasteiger charge is -2.46. The molecule has 0 spiro atoms. The molecule has 5 aromatic rings. The lowest BCUT2D eigenvalue weighted by atomic mass is 9.86. The second-order valence-corrected chi connectivity index (χ2v) is 22.8. The number of hydrogen-bond donors (Lipinski definition) is 2. The van der Waals surface area contributed by atoms with Crippen LogP contribution in [-0.2, 0) is 29.5 Å². The van der Waals surface area contributed by atoms with Crippen LogP contribution in [-0.4, -0.2) is 116 Å². The summed E-state index contributed by atoms with van der Waals surface area (Å²) >= 11 is 0. The molecule has 434 valence electrons. The van der Waals surface area contributed by atoms with Gasteiger partial charge >= 0.3 is 0 Å². The van der Waals surface area contributed by atoms with Crippen LogP contribution in [0, 0.1) is 11.6 Å². The summed E-state index contributed by atoms with van der Waals surface area (Å²) in [5.41, 5.74) is 1.52. The molecular formula is C60H85F2N6O8PS2. The molecule has 7 rings (SSSR count). The number of aliphatic hydroxyl groups excluding tert-OH is 2. The van der Waals surface area contributed by atoms with Gasteiger partial charge in [0.05, 0.1) is 28.1 Å². The average Bonchev–Trinajstić information content (AvgIpc) is 3.55. The van der Waals surface area contributed by atoms with E-state index < -0.39 is 51.2 Å². The lowest BCUT2D eigenvalue weighted by molar-refractivity contribution is -0.0963. The van der Waals surface area contributed by atoms with Crippen molar-refractivity contribution in [1.82, 2.24) is 29.0 Å². The van der Waals surface area contributed by atoms with Crippen molar-refractivity contribution < 1.29 is 46.5 Å². The number of pyridine rings is 2. The van der Waals surface area contributed by atoms with Gasteiger partial charge in [-0.3, -0.25) is 14.5 Å². The van der Waals surface area contributed by atoms with E-state index in [2.05, 4.69) is 28.7 Å². The van der Waals surface area contributed by atoms with Gasteiger partial charge in [-0.25, -0.2) is 27.2 Å². The zero-order valence-electron chi connectivity index (χ0n) is 47.8. The number of rotatable bonds is 22. The monoisotopic (exact) mass is 1150 g/mol. The highest BCUT2D eigenvalue weighted by atomic mass is 32.2. The van der Waals surface area contributed by atoms with E-state index in [0.717, 1.165) is 62.7 Å². The summed E-state index contributed by atoms with van der Waals surface area (Å²) < 4.78 is 70.4. The van der Waals surface area contributed by atoms with Gasteiger partial charge in [0, 0.05) is 67.4 Å². The van der Waals surface area contributed by atoms with Crippen molar-refractivity contribution in [3.05, 3.63) is 148 Å². The Bertz CT molecular complexity index is 2890. The molecule has 19 heteroatoms. The summed E-state index contributed by atoms with van der Waals surface area (Å²) in [7, 11) is -4.07. The first-order valence-electron chi connectivity index (χ1n) is 27.3. The first-order chi connectivity index (χ1) is 36.7. The summed E-state index contributed by atoms with van der Waals surface area (Å²) in [6, 6.07) is 21.5. The Morgan fingerprint density at radius 3 is 1.43 bits per heavy atom. The van der Waals surface area contributed by atoms with E-state index in [9.17, 15) is 37.0 Å². The summed E-state index contributed by atoms with van der Waals surface area (Å²) in [6.45, 7) is 21.9. The van der Waals surface area contributed by atoms with Crippen molar-refractivity contribution in [2.75, 3.05) is 32.7 Å². The molecule has 0 fully saturated rings. The molecule has 0 saturated heterocycles. The van der Waals surface area contributed by atoms with Gasteiger partial charge in [0.2, 0.25) is 21.8 Å². The van der Waals surface area contributed by atoms with Crippen LogP contribution in [0.4, 0.5) is 8.78 Å². The minimum atomic E-state index is -4.07. The molecule has 2 N–H and O–H groups in total. The van der Waals surface area contributed by atoms with Gasteiger partial charge in [0.15, 0.2) is 0 Å². The normalized spacial score (nSPS) is 17.8. The molecule has 3 aromatic carbocycles. The highest BCUT2D eigenvalue weighted by molar-refractivity contribution is 7.89. The Balaban J connectivity index is 0.000000337. The zero-order valence-corrected chi connectivity index (χ0v) is 51.1. The van der Waals surface area contributed by atoms with Crippen molar-refractivity contribution in [1.29, 1.82) is 0 Å². The molecule has 2 aliphatic rings. The first kappa shape index (κ1) is 66.4. The maximum absolute atomic E-state index is 14.4. The fourth-order valence-electron chi connectivity index (χ4n) is 9.75. The van der Waals surface area contributed by atoms with E-state index in [1.54, 1.807) is 92.4 Å². The Labute approximate surface area is 478 Å². The van der Waals surface area contributed by atoms with Crippen molar-refractivity contribution in [2.45, 2.75) is 168 Å². The molecule has 1 unspecified atom stereocenters. The van der Waals surface area contributed by atoms with Gasteiger partial charge < -0.3 is 29.5 Å². The van der Waals surface area contributed by atoms with E-state index in [4.69, 9.17) is 9.47 Å². The molecule has 0 saturated carbocycles. The molecule has 79 heavy (non-hydrogen) atoms. The molecule has 0 bridgehead atoms. The summed E-state index contributed by atoms with van der Waals surface area (Å²) in [5.74, 6) is -0.748. The standard InChI is InChI=1S/C32H40FN3O5S.C28H40FN3O3.H3P.H2S/c1-6-9-18-36(42(39,40)25-16-14-22(7-2)15-17-25)28-26-19-24(20-34-30(26)41-32(4,5)29(28)37)31(38)35(8-3)21-23-12-10-11-13-27(23)33;1-6-9-15-32(16-10-7-2)24-22-17-21(18-30-26(22)35-28(4,5)25(24)33)27(34)31(8-3)19-20-13-11-12-14-23(20)29;;/h10-17,19-20,28-29,37H,6-9,18,21H2,1-5H3;11-14,17-18,24-25,33H,6-10,15-16,19H2,1-5H3;1H3;1H2/t28-,29+;24-,25+;;/m11../s1. The maximum atomic E-state index is 14.4. The highest BCUT2D eigenvalue weighted by Crippen LogP contribution is 2.45. The van der Waals surface area contributed by atoms with Crippen LogP contribution in [0.15, 0.2) is 102 Å². The number of amides is 2. The number of nitrogens with zero attached hydrogens (tertiary/aromatic N) is 6. The number of unbranched alkanes of at least 4 members (excludes halogenated alkanes) is 3. The molecule has 4 heterocycles. The van der Waals surface area contributed by atoms with Gasteiger partial charge in [-0.15, -0.1) is 0 Å². The predicted molar refractivity (Wildman–Crippen MR) is 317 cm³/mol. The van der Waals surface area contributed by atoms with Crippen LogP contribution in [0.25, 0.3) is 0 Å². The molecule has 2 amide bonds. The third kappa shape index (κ3) is 15.7. The number of benzene rings is 3. The summed E-state index contributed by atoms with van der Waals surface area (Å²) in [5, 5.41) is 23.0. The number of ether oxygens (including phenoxy) is 2. The maximum Gasteiger partial charge on any atom is 0.255 e. The molecule has 5 atom stereocenters. The van der Waals surface area contributed by atoms with E-state index >= 15 is 0 Å². The van der Waals surface area contributed by atoms with Crippen LogP contribution in [0.5, 0.6) is 11.8 Å². The Morgan fingerprint density at radius 1 is 0.620 bits per heavy atom. The van der Waals surface area contributed by atoms with E-state index in [-0.39, 0.29) is 77.1 Å². The van der Waals surface area contributed by atoms with Crippen LogP contribution >= 0.6 is 23.4 Å². The second-order valence-electron chi connectivity index (χ2n) is 21.0. The van der Waals surface area contributed by atoms with Crippen LogP contribution < -0.4 is 9.47 Å². The second kappa shape index (κ2) is 29.6. The Kier molecular flexibility index (Phi) is 24.9. The van der Waals surface area contributed by atoms with Crippen LogP contribution in [0.3, 0.4) is 0 Å². The number of sulfonamides is 1. The third-order valence-electron chi connectivity index (χ3n) is 14.6. The van der Waals surface area contributed by atoms with Crippen molar-refractivity contribution in [3.8, 4) is 11.8 Å². The van der Waals surface area contributed by atoms with Crippen LogP contribution in [0.1, 0.15) is 168 Å². The lowest BCUT2D eigenvalue weighted by Crippen LogP contribution is -2.55.